The van der Waals surface area contributed by atoms with E-state index < -0.39 is 12.0 Å². The van der Waals surface area contributed by atoms with Crippen LogP contribution in [0.15, 0.2) is 102 Å². The van der Waals surface area contributed by atoms with Gasteiger partial charge >= 0.3 is 11.9 Å². The van der Waals surface area contributed by atoms with Crippen molar-refractivity contribution in [3.05, 3.63) is 120 Å². The quantitative estimate of drug-likeness (QED) is 0.0766. The number of aromatic nitrogens is 3. The molecule has 0 fully saturated rings. The largest absolute Gasteiger partial charge is 0.466 e. The Hall–Kier alpha value is -6.08. The Kier molecular flexibility index (Phi) is 12.5. The monoisotopic (exact) mass is 690 g/mol. The summed E-state index contributed by atoms with van der Waals surface area (Å²) in [5.74, 6) is 0.216. The summed E-state index contributed by atoms with van der Waals surface area (Å²) in [6.45, 7) is 2.57. The zero-order valence-corrected chi connectivity index (χ0v) is 28.7. The van der Waals surface area contributed by atoms with Crippen molar-refractivity contribution < 1.29 is 23.9 Å². The van der Waals surface area contributed by atoms with Gasteiger partial charge in [0.2, 0.25) is 0 Å². The van der Waals surface area contributed by atoms with Gasteiger partial charge in [0.25, 0.3) is 5.91 Å². The summed E-state index contributed by atoms with van der Waals surface area (Å²) < 4.78 is 12.4. The molecular formula is C38H42N8O5. The van der Waals surface area contributed by atoms with E-state index in [9.17, 15) is 14.4 Å². The molecule has 3 aromatic carbocycles. The minimum atomic E-state index is -0.795. The molecule has 0 radical (unpaired) electrons. The lowest BCUT2D eigenvalue weighted by molar-refractivity contribution is -0.145. The standard InChI is InChI=1S/C38H42N8O5/c1-3-21-50-35(47)18-20-46(33-11-7-8-19-41-33)37(48)28-14-17-32-31(23-28)44-34(45(32)2)24-42-29-15-12-27(13-16-29)36(40)43-25-51-38(49)30(39)22-26-9-5-4-6-10-26/h4-17,19,23,30,42H,3,18,20-22,24-25,39H2,1-2H3,(H2,40,43). The molecule has 2 heterocycles. The summed E-state index contributed by atoms with van der Waals surface area (Å²) in [7, 11) is 1.91. The molecule has 0 aliphatic rings. The van der Waals surface area contributed by atoms with Crippen LogP contribution in [0, 0.1) is 0 Å². The van der Waals surface area contributed by atoms with Gasteiger partial charge in [-0.1, -0.05) is 43.3 Å². The van der Waals surface area contributed by atoms with Crippen molar-refractivity contribution in [3.63, 3.8) is 0 Å². The molecule has 0 spiro atoms. The number of aryl methyl sites for hydroxylation is 1. The second-order valence-corrected chi connectivity index (χ2v) is 11.8. The summed E-state index contributed by atoms with van der Waals surface area (Å²) in [5.41, 5.74) is 16.5. The lowest BCUT2D eigenvalue weighted by Gasteiger charge is -2.21. The van der Waals surface area contributed by atoms with Gasteiger partial charge in [-0.2, -0.15) is 0 Å². The summed E-state index contributed by atoms with van der Waals surface area (Å²) in [4.78, 5) is 53.0. The van der Waals surface area contributed by atoms with Crippen molar-refractivity contribution in [1.29, 1.82) is 0 Å². The molecule has 264 valence electrons. The van der Waals surface area contributed by atoms with Gasteiger partial charge in [0.15, 0.2) is 6.73 Å². The van der Waals surface area contributed by atoms with Crippen LogP contribution in [0.3, 0.4) is 0 Å². The Morgan fingerprint density at radius 2 is 1.71 bits per heavy atom. The van der Waals surface area contributed by atoms with Gasteiger partial charge in [0, 0.05) is 36.6 Å². The Bertz CT molecular complexity index is 1960. The molecule has 0 bridgehead atoms. The SMILES string of the molecule is CCCOC(=O)CCN(C(=O)c1ccc2c(c1)nc(CNc1ccc(/C(N)=N/COC(=O)C(N)Cc3ccccc3)cc1)n2C)c1ccccn1. The number of fused-ring (bicyclic) bond motifs is 1. The number of hydrogen-bond acceptors (Lipinski definition) is 10. The van der Waals surface area contributed by atoms with Gasteiger partial charge in [0.05, 0.1) is 30.6 Å². The van der Waals surface area contributed by atoms with Gasteiger partial charge < -0.3 is 30.8 Å². The Morgan fingerprint density at radius 1 is 0.961 bits per heavy atom. The van der Waals surface area contributed by atoms with Crippen LogP contribution in [0.5, 0.6) is 0 Å². The van der Waals surface area contributed by atoms with Crippen LogP contribution in [0.1, 0.15) is 47.1 Å². The van der Waals surface area contributed by atoms with E-state index in [1.165, 1.54) is 4.90 Å². The zero-order valence-electron chi connectivity index (χ0n) is 28.7. The van der Waals surface area contributed by atoms with Crippen molar-refractivity contribution in [2.45, 2.75) is 38.8 Å². The number of pyridine rings is 1. The van der Waals surface area contributed by atoms with Gasteiger partial charge in [-0.25, -0.2) is 15.0 Å². The van der Waals surface area contributed by atoms with E-state index in [4.69, 9.17) is 25.9 Å². The number of benzene rings is 3. The number of aliphatic imine (C=N–C) groups is 1. The predicted molar refractivity (Wildman–Crippen MR) is 196 cm³/mol. The fraction of sp³-hybridized carbons (Fsp3) is 0.263. The van der Waals surface area contributed by atoms with Gasteiger partial charge in [-0.05, 0) is 73.0 Å². The van der Waals surface area contributed by atoms with Crippen LogP contribution in [-0.4, -0.2) is 64.1 Å². The van der Waals surface area contributed by atoms with Crippen molar-refractivity contribution in [3.8, 4) is 0 Å². The number of anilines is 2. The molecule has 1 amide bonds. The highest BCUT2D eigenvalue weighted by Crippen LogP contribution is 2.21. The maximum Gasteiger partial charge on any atom is 0.325 e. The van der Waals surface area contributed by atoms with Crippen LogP contribution in [-0.2, 0) is 39.1 Å². The summed E-state index contributed by atoms with van der Waals surface area (Å²) in [6.07, 6.45) is 2.74. The maximum absolute atomic E-state index is 13.7. The highest BCUT2D eigenvalue weighted by atomic mass is 16.5. The Balaban J connectivity index is 1.18. The van der Waals surface area contributed by atoms with E-state index in [1.807, 2.05) is 79.2 Å². The molecular weight excluding hydrogens is 648 g/mol. The summed E-state index contributed by atoms with van der Waals surface area (Å²) in [6, 6.07) is 26.7. The Labute approximate surface area is 296 Å². The van der Waals surface area contributed by atoms with Crippen molar-refractivity contribution in [2.24, 2.45) is 23.5 Å². The number of ether oxygens (including phenoxy) is 2. The molecule has 0 saturated carbocycles. The first kappa shape index (κ1) is 36.2. The summed E-state index contributed by atoms with van der Waals surface area (Å²) >= 11 is 0. The fourth-order valence-electron chi connectivity index (χ4n) is 5.28. The molecule has 13 nitrogen and oxygen atoms in total. The Morgan fingerprint density at radius 3 is 2.43 bits per heavy atom. The van der Waals surface area contributed by atoms with E-state index in [2.05, 4.69) is 15.3 Å². The average Bonchev–Trinajstić information content (AvgIpc) is 3.47. The lowest BCUT2D eigenvalue weighted by Crippen LogP contribution is -2.34. The minimum absolute atomic E-state index is 0.0461. The molecule has 5 aromatic rings. The number of amidine groups is 1. The number of carbonyl (C=O) groups is 3. The number of hydrogen-bond donors (Lipinski definition) is 3. The number of nitrogens with two attached hydrogens (primary N) is 2. The van der Waals surface area contributed by atoms with Crippen molar-refractivity contribution in [1.82, 2.24) is 14.5 Å². The normalized spacial score (nSPS) is 11.9. The summed E-state index contributed by atoms with van der Waals surface area (Å²) in [5, 5.41) is 3.36. The number of esters is 2. The van der Waals surface area contributed by atoms with Crippen molar-refractivity contribution in [2.75, 3.05) is 30.1 Å². The van der Waals surface area contributed by atoms with E-state index in [-0.39, 0.29) is 37.4 Å². The van der Waals surface area contributed by atoms with E-state index in [0.29, 0.717) is 42.0 Å². The molecule has 0 aliphatic heterocycles. The molecule has 13 heteroatoms. The minimum Gasteiger partial charge on any atom is -0.466 e. The molecule has 2 aromatic heterocycles. The van der Waals surface area contributed by atoms with E-state index in [1.54, 1.807) is 36.5 Å². The third-order valence-electron chi connectivity index (χ3n) is 8.07. The number of nitrogens with one attached hydrogen (secondary N) is 1. The third kappa shape index (κ3) is 9.76. The first-order chi connectivity index (χ1) is 24.7. The fourth-order valence-corrected chi connectivity index (χ4v) is 5.28. The highest BCUT2D eigenvalue weighted by Gasteiger charge is 2.22. The van der Waals surface area contributed by atoms with Crippen LogP contribution in [0.25, 0.3) is 11.0 Å². The molecule has 1 atom stereocenters. The second-order valence-electron chi connectivity index (χ2n) is 11.8. The van der Waals surface area contributed by atoms with Crippen LogP contribution in [0.2, 0.25) is 0 Å². The topological polar surface area (TPSA) is 180 Å². The lowest BCUT2D eigenvalue weighted by atomic mass is 10.1. The zero-order chi connectivity index (χ0) is 36.2. The predicted octanol–water partition coefficient (Wildman–Crippen LogP) is 4.35. The highest BCUT2D eigenvalue weighted by molar-refractivity contribution is 6.07. The van der Waals surface area contributed by atoms with E-state index in [0.717, 1.165) is 29.0 Å². The second kappa shape index (κ2) is 17.5. The third-order valence-corrected chi connectivity index (χ3v) is 8.07. The number of rotatable bonds is 16. The molecule has 51 heavy (non-hydrogen) atoms. The smallest absolute Gasteiger partial charge is 0.325 e. The molecule has 5 N–H and O–H groups in total. The van der Waals surface area contributed by atoms with E-state index >= 15 is 0 Å². The maximum atomic E-state index is 13.7. The van der Waals surface area contributed by atoms with Crippen LogP contribution >= 0.6 is 0 Å². The van der Waals surface area contributed by atoms with Gasteiger partial charge in [-0.15, -0.1) is 0 Å². The molecule has 1 unspecified atom stereocenters. The first-order valence-corrected chi connectivity index (χ1v) is 16.7. The van der Waals surface area contributed by atoms with Crippen LogP contribution < -0.4 is 21.7 Å². The molecule has 0 saturated heterocycles. The number of amides is 1. The van der Waals surface area contributed by atoms with Gasteiger partial charge in [-0.3, -0.25) is 19.3 Å². The number of imidazole rings is 1. The van der Waals surface area contributed by atoms with Gasteiger partial charge in [0.1, 0.15) is 23.5 Å². The van der Waals surface area contributed by atoms with Crippen LogP contribution in [0.4, 0.5) is 11.5 Å². The molecule has 0 aliphatic carbocycles. The average molecular weight is 691 g/mol. The number of nitrogens with zero attached hydrogens (tertiary/aromatic N) is 5. The first-order valence-electron chi connectivity index (χ1n) is 16.7. The number of carbonyl (C=O) groups excluding carboxylic acids is 3. The van der Waals surface area contributed by atoms with Crippen molar-refractivity contribution >= 4 is 46.2 Å². The molecule has 5 rings (SSSR count).